The Hall–Kier alpha value is -1.57. The summed E-state index contributed by atoms with van der Waals surface area (Å²) in [6.45, 7) is 1.86. The summed E-state index contributed by atoms with van der Waals surface area (Å²) in [7, 11) is -4.00. The number of hydrogen-bond donors (Lipinski definition) is 1. The summed E-state index contributed by atoms with van der Waals surface area (Å²) in [6, 6.07) is 6.55. The van der Waals surface area contributed by atoms with E-state index in [0.717, 1.165) is 11.4 Å². The summed E-state index contributed by atoms with van der Waals surface area (Å²) < 4.78 is 27.9. The maximum absolute atomic E-state index is 10.8. The Labute approximate surface area is 111 Å². The van der Waals surface area contributed by atoms with Gasteiger partial charge in [-0.05, 0) is 19.1 Å². The normalized spacial score (nSPS) is 10.8. The molecular formula is C10H12ClN3O3S. The molecule has 18 heavy (non-hydrogen) atoms. The molecule has 0 saturated carbocycles. The molecule has 0 aliphatic carbocycles. The van der Waals surface area contributed by atoms with Crippen LogP contribution in [0.25, 0.3) is 5.69 Å². The number of nitrogens with two attached hydrogens (primary N) is 1. The van der Waals surface area contributed by atoms with Crippen molar-refractivity contribution < 1.29 is 12.6 Å². The Bertz CT molecular complexity index is 639. The lowest BCUT2D eigenvalue weighted by molar-refractivity contribution is 0.487. The van der Waals surface area contributed by atoms with Gasteiger partial charge in [0.1, 0.15) is 5.75 Å². The second kappa shape index (κ2) is 5.38. The van der Waals surface area contributed by atoms with Gasteiger partial charge < -0.3 is 8.75 Å². The van der Waals surface area contributed by atoms with Crippen molar-refractivity contribution in [2.45, 2.75) is 6.92 Å². The lowest BCUT2D eigenvalue weighted by Gasteiger charge is -2.05. The number of halogens is 1. The van der Waals surface area contributed by atoms with Crippen LogP contribution >= 0.6 is 12.4 Å². The van der Waals surface area contributed by atoms with Crippen LogP contribution in [0.15, 0.2) is 36.8 Å². The van der Waals surface area contributed by atoms with Crippen molar-refractivity contribution in [1.82, 2.24) is 9.55 Å². The smallest absolute Gasteiger partial charge is 0.371 e. The number of aromatic nitrogens is 2. The number of aryl methyl sites for hydroxylation is 1. The van der Waals surface area contributed by atoms with Crippen molar-refractivity contribution in [1.29, 1.82) is 0 Å². The first-order chi connectivity index (χ1) is 7.94. The highest BCUT2D eigenvalue weighted by atomic mass is 35.5. The summed E-state index contributed by atoms with van der Waals surface area (Å²) in [6.07, 6.45) is 3.45. The summed E-state index contributed by atoms with van der Waals surface area (Å²) in [5, 5.41) is 4.79. The van der Waals surface area contributed by atoms with Crippen LogP contribution < -0.4 is 9.32 Å². The first-order valence-corrected chi connectivity index (χ1v) is 6.24. The van der Waals surface area contributed by atoms with Gasteiger partial charge in [-0.1, -0.05) is 6.07 Å². The van der Waals surface area contributed by atoms with Gasteiger partial charge in [-0.25, -0.2) is 4.98 Å². The third kappa shape index (κ3) is 3.73. The van der Waals surface area contributed by atoms with Crippen molar-refractivity contribution in [3.8, 4) is 11.4 Å². The lowest BCUT2D eigenvalue weighted by atomic mass is 10.3. The molecule has 8 heteroatoms. The molecule has 2 N–H and O–H groups in total. The van der Waals surface area contributed by atoms with Crippen LogP contribution in [0, 0.1) is 6.92 Å². The van der Waals surface area contributed by atoms with E-state index in [1.165, 1.54) is 6.07 Å². The van der Waals surface area contributed by atoms with Crippen LogP contribution in [0.4, 0.5) is 0 Å². The van der Waals surface area contributed by atoms with Crippen molar-refractivity contribution in [2.75, 3.05) is 0 Å². The van der Waals surface area contributed by atoms with Gasteiger partial charge in [0.25, 0.3) is 0 Å². The number of hydrogen-bond acceptors (Lipinski definition) is 4. The van der Waals surface area contributed by atoms with Gasteiger partial charge in [-0.2, -0.15) is 13.6 Å². The van der Waals surface area contributed by atoms with Crippen molar-refractivity contribution >= 4 is 22.7 Å². The minimum absolute atomic E-state index is 0. The van der Waals surface area contributed by atoms with Crippen LogP contribution in [-0.2, 0) is 10.3 Å². The number of benzene rings is 1. The zero-order valence-corrected chi connectivity index (χ0v) is 11.1. The Balaban J connectivity index is 0.00000162. The maximum atomic E-state index is 10.8. The minimum Gasteiger partial charge on any atom is -0.371 e. The van der Waals surface area contributed by atoms with Crippen LogP contribution in [0.3, 0.4) is 0 Å². The van der Waals surface area contributed by atoms with E-state index in [1.54, 1.807) is 29.1 Å². The summed E-state index contributed by atoms with van der Waals surface area (Å²) in [4.78, 5) is 4.08. The highest BCUT2D eigenvalue weighted by Gasteiger charge is 2.06. The summed E-state index contributed by atoms with van der Waals surface area (Å²) in [5.41, 5.74) is 1.61. The molecule has 0 aliphatic heterocycles. The fraction of sp³-hybridized carbons (Fsp3) is 0.100. The van der Waals surface area contributed by atoms with E-state index in [1.807, 2.05) is 13.1 Å². The van der Waals surface area contributed by atoms with Gasteiger partial charge >= 0.3 is 10.3 Å². The topological polar surface area (TPSA) is 87.2 Å². The molecule has 0 spiro atoms. The molecule has 2 rings (SSSR count). The van der Waals surface area contributed by atoms with E-state index >= 15 is 0 Å². The molecule has 2 aromatic rings. The van der Waals surface area contributed by atoms with E-state index < -0.39 is 10.3 Å². The molecule has 0 saturated heterocycles. The average molecular weight is 290 g/mol. The SMILES string of the molecule is Cc1cn(-c2cccc(OS(N)(=O)=O)c2)cn1.Cl. The van der Waals surface area contributed by atoms with Gasteiger partial charge in [0.05, 0.1) is 17.7 Å². The summed E-state index contributed by atoms with van der Waals surface area (Å²) >= 11 is 0. The predicted molar refractivity (Wildman–Crippen MR) is 69.3 cm³/mol. The van der Waals surface area contributed by atoms with Gasteiger partial charge in [0.15, 0.2) is 0 Å². The number of imidazole rings is 1. The second-order valence-corrected chi connectivity index (χ2v) is 4.65. The Morgan fingerprint density at radius 2 is 2.11 bits per heavy atom. The fourth-order valence-corrected chi connectivity index (χ4v) is 1.76. The van der Waals surface area contributed by atoms with E-state index in [0.29, 0.717) is 0 Å². The summed E-state index contributed by atoms with van der Waals surface area (Å²) in [5.74, 6) is 0.163. The monoisotopic (exact) mass is 289 g/mol. The molecule has 0 bridgehead atoms. The van der Waals surface area contributed by atoms with Gasteiger partial charge in [0.2, 0.25) is 0 Å². The van der Waals surface area contributed by atoms with E-state index in [-0.39, 0.29) is 18.2 Å². The molecule has 0 radical (unpaired) electrons. The van der Waals surface area contributed by atoms with Crippen LogP contribution in [0.1, 0.15) is 5.69 Å². The van der Waals surface area contributed by atoms with E-state index in [2.05, 4.69) is 9.17 Å². The van der Waals surface area contributed by atoms with Crippen LogP contribution in [0.2, 0.25) is 0 Å². The second-order valence-electron chi connectivity index (χ2n) is 3.50. The van der Waals surface area contributed by atoms with Crippen molar-refractivity contribution in [2.24, 2.45) is 5.14 Å². The Kier molecular flexibility index (Phi) is 4.33. The lowest BCUT2D eigenvalue weighted by Crippen LogP contribution is -2.18. The first kappa shape index (κ1) is 14.5. The van der Waals surface area contributed by atoms with E-state index in [9.17, 15) is 8.42 Å². The average Bonchev–Trinajstić information content (AvgIpc) is 2.63. The molecule has 0 atom stereocenters. The molecule has 0 fully saturated rings. The quantitative estimate of drug-likeness (QED) is 0.919. The minimum atomic E-state index is -4.00. The third-order valence-corrected chi connectivity index (χ3v) is 2.46. The van der Waals surface area contributed by atoms with Crippen LogP contribution in [0.5, 0.6) is 5.75 Å². The van der Waals surface area contributed by atoms with Crippen molar-refractivity contribution in [3.05, 3.63) is 42.5 Å². The molecule has 6 nitrogen and oxygen atoms in total. The molecule has 0 amide bonds. The molecule has 0 aliphatic rings. The highest BCUT2D eigenvalue weighted by Crippen LogP contribution is 2.17. The third-order valence-electron chi connectivity index (χ3n) is 2.04. The van der Waals surface area contributed by atoms with Gasteiger partial charge in [-0.3, -0.25) is 0 Å². The molecular weight excluding hydrogens is 278 g/mol. The Morgan fingerprint density at radius 3 is 2.67 bits per heavy atom. The Morgan fingerprint density at radius 1 is 1.39 bits per heavy atom. The highest BCUT2D eigenvalue weighted by molar-refractivity contribution is 7.84. The van der Waals surface area contributed by atoms with Gasteiger partial charge in [0, 0.05) is 12.3 Å². The standard InChI is InChI=1S/C10H11N3O3S.ClH/c1-8-6-13(7-12-8)9-3-2-4-10(5-9)16-17(11,14)15;/h2-7H,1H3,(H2,11,14,15);1H. The zero-order valence-electron chi connectivity index (χ0n) is 9.48. The van der Waals surface area contributed by atoms with Crippen molar-refractivity contribution in [3.63, 3.8) is 0 Å². The molecule has 1 aromatic carbocycles. The van der Waals surface area contributed by atoms with Gasteiger partial charge in [-0.15, -0.1) is 12.4 Å². The largest absolute Gasteiger partial charge is 0.380 e. The van der Waals surface area contributed by atoms with Crippen LogP contribution in [-0.4, -0.2) is 18.0 Å². The molecule has 1 heterocycles. The maximum Gasteiger partial charge on any atom is 0.380 e. The number of nitrogens with zero attached hydrogens (tertiary/aromatic N) is 2. The fourth-order valence-electron chi connectivity index (χ4n) is 1.39. The zero-order chi connectivity index (χ0) is 12.5. The number of rotatable bonds is 3. The molecule has 98 valence electrons. The predicted octanol–water partition coefficient (Wildman–Crippen LogP) is 1.18. The van der Waals surface area contributed by atoms with E-state index in [4.69, 9.17) is 5.14 Å². The molecule has 1 aromatic heterocycles. The molecule has 0 unspecified atom stereocenters. The first-order valence-electron chi connectivity index (χ1n) is 4.77.